The first kappa shape index (κ1) is 12.9. The third-order valence-corrected chi connectivity index (χ3v) is 3.21. The van der Waals surface area contributed by atoms with E-state index in [0.29, 0.717) is 13.0 Å². The van der Waals surface area contributed by atoms with E-state index in [9.17, 15) is 4.79 Å². The molecule has 1 heterocycles. The van der Waals surface area contributed by atoms with Crippen molar-refractivity contribution in [2.24, 2.45) is 0 Å². The highest BCUT2D eigenvalue weighted by Crippen LogP contribution is 2.17. The number of benzene rings is 1. The zero-order chi connectivity index (χ0) is 13.1. The minimum absolute atomic E-state index is 0.0210. The Hall–Kier alpha value is -1.59. The lowest BCUT2D eigenvalue weighted by Crippen LogP contribution is -2.38. The molecule has 0 aromatic heterocycles. The number of hydrazine groups is 1. The molecule has 2 unspecified atom stereocenters. The van der Waals surface area contributed by atoms with Crippen LogP contribution in [0, 0.1) is 13.8 Å². The van der Waals surface area contributed by atoms with Crippen molar-refractivity contribution < 1.29 is 14.6 Å². The molecular formula is C13H18N2O3. The average molecular weight is 250 g/mol. The number of carboxylic acid groups (broad SMARTS) is 1. The molecule has 0 radical (unpaired) electrons. The summed E-state index contributed by atoms with van der Waals surface area (Å²) in [6, 6.07) is 5.43. The molecule has 1 aromatic carbocycles. The van der Waals surface area contributed by atoms with E-state index in [1.54, 1.807) is 0 Å². The lowest BCUT2D eigenvalue weighted by Gasteiger charge is -2.12. The fourth-order valence-corrected chi connectivity index (χ4v) is 1.89. The Kier molecular flexibility index (Phi) is 3.84. The van der Waals surface area contributed by atoms with Gasteiger partial charge in [-0.1, -0.05) is 6.07 Å². The number of aliphatic carboxylic acids is 1. The Morgan fingerprint density at radius 1 is 1.39 bits per heavy atom. The minimum Gasteiger partial charge on any atom is -0.492 e. The number of hydrogen-bond acceptors (Lipinski definition) is 4. The maximum atomic E-state index is 10.8. The Morgan fingerprint density at radius 3 is 2.78 bits per heavy atom. The molecule has 2 atom stereocenters. The van der Waals surface area contributed by atoms with Gasteiger partial charge in [-0.25, -0.2) is 5.43 Å². The summed E-state index contributed by atoms with van der Waals surface area (Å²) >= 11 is 0. The molecule has 98 valence electrons. The van der Waals surface area contributed by atoms with E-state index >= 15 is 0 Å². The van der Waals surface area contributed by atoms with E-state index < -0.39 is 12.0 Å². The molecule has 1 aliphatic heterocycles. The van der Waals surface area contributed by atoms with Gasteiger partial charge in [0.1, 0.15) is 18.4 Å². The number of aryl methyl sites for hydroxylation is 2. The largest absolute Gasteiger partial charge is 0.492 e. The second-order valence-corrected chi connectivity index (χ2v) is 4.67. The molecule has 3 N–H and O–H groups in total. The molecule has 0 saturated carbocycles. The van der Waals surface area contributed by atoms with Crippen LogP contribution < -0.4 is 15.6 Å². The standard InChI is InChI=1S/C13H18N2O3/c1-8-3-4-11(5-9(8)2)18-7-10-6-12(13(16)17)15-14-10/h3-5,10,12,14-15H,6-7H2,1-2H3,(H,16,17). The molecular weight excluding hydrogens is 232 g/mol. The zero-order valence-electron chi connectivity index (χ0n) is 10.6. The van der Waals surface area contributed by atoms with Crippen molar-refractivity contribution >= 4 is 5.97 Å². The second-order valence-electron chi connectivity index (χ2n) is 4.67. The van der Waals surface area contributed by atoms with Gasteiger partial charge in [-0.3, -0.25) is 10.2 Å². The second kappa shape index (κ2) is 5.37. The monoisotopic (exact) mass is 250 g/mol. The molecule has 1 fully saturated rings. The number of carboxylic acids is 1. The van der Waals surface area contributed by atoms with Gasteiger partial charge in [0.25, 0.3) is 0 Å². The first-order valence-corrected chi connectivity index (χ1v) is 6.00. The molecule has 5 heteroatoms. The molecule has 1 saturated heterocycles. The van der Waals surface area contributed by atoms with Gasteiger partial charge < -0.3 is 9.84 Å². The summed E-state index contributed by atoms with van der Waals surface area (Å²) in [5.74, 6) is -0.0187. The van der Waals surface area contributed by atoms with Gasteiger partial charge in [-0.2, -0.15) is 0 Å². The minimum atomic E-state index is -0.837. The topological polar surface area (TPSA) is 70.6 Å². The highest BCUT2D eigenvalue weighted by Gasteiger charge is 2.29. The molecule has 0 spiro atoms. The van der Waals surface area contributed by atoms with Crippen LogP contribution >= 0.6 is 0 Å². The van der Waals surface area contributed by atoms with Crippen molar-refractivity contribution in [3.05, 3.63) is 29.3 Å². The summed E-state index contributed by atoms with van der Waals surface area (Å²) in [7, 11) is 0. The maximum Gasteiger partial charge on any atom is 0.322 e. The first-order valence-electron chi connectivity index (χ1n) is 6.00. The lowest BCUT2D eigenvalue weighted by atomic mass is 10.1. The van der Waals surface area contributed by atoms with Crippen LogP contribution in [0.1, 0.15) is 17.5 Å². The molecule has 0 bridgehead atoms. The van der Waals surface area contributed by atoms with Crippen LogP contribution in [0.4, 0.5) is 0 Å². The van der Waals surface area contributed by atoms with E-state index in [2.05, 4.69) is 17.8 Å². The molecule has 5 nitrogen and oxygen atoms in total. The highest BCUT2D eigenvalue weighted by atomic mass is 16.5. The van der Waals surface area contributed by atoms with Crippen LogP contribution in [0.5, 0.6) is 5.75 Å². The number of carbonyl (C=O) groups is 1. The third kappa shape index (κ3) is 3.00. The van der Waals surface area contributed by atoms with Gasteiger partial charge in [-0.05, 0) is 43.5 Å². The fraction of sp³-hybridized carbons (Fsp3) is 0.462. The van der Waals surface area contributed by atoms with Gasteiger partial charge in [0.2, 0.25) is 0 Å². The van der Waals surface area contributed by atoms with E-state index in [1.807, 2.05) is 25.1 Å². The van der Waals surface area contributed by atoms with Crippen LogP contribution in [0.15, 0.2) is 18.2 Å². The number of hydrogen-bond donors (Lipinski definition) is 3. The molecule has 1 aromatic rings. The smallest absolute Gasteiger partial charge is 0.322 e. The average Bonchev–Trinajstić information content (AvgIpc) is 2.79. The molecule has 0 aliphatic carbocycles. The van der Waals surface area contributed by atoms with Gasteiger partial charge in [0, 0.05) is 0 Å². The van der Waals surface area contributed by atoms with Crippen LogP contribution in [-0.2, 0) is 4.79 Å². The Morgan fingerprint density at radius 2 is 2.17 bits per heavy atom. The van der Waals surface area contributed by atoms with E-state index in [4.69, 9.17) is 9.84 Å². The van der Waals surface area contributed by atoms with Gasteiger partial charge in [-0.15, -0.1) is 0 Å². The molecule has 1 aliphatic rings. The predicted octanol–water partition coefficient (Wildman–Crippen LogP) is 1.00. The third-order valence-electron chi connectivity index (χ3n) is 3.21. The van der Waals surface area contributed by atoms with Crippen molar-refractivity contribution in [2.45, 2.75) is 32.4 Å². The quantitative estimate of drug-likeness (QED) is 0.743. The molecule has 0 amide bonds. The summed E-state index contributed by atoms with van der Waals surface area (Å²) < 4.78 is 5.66. The SMILES string of the molecule is Cc1ccc(OCC2CC(C(=O)O)NN2)cc1C. The summed E-state index contributed by atoms with van der Waals surface area (Å²) in [4.78, 5) is 10.8. The Balaban J connectivity index is 1.85. The van der Waals surface area contributed by atoms with E-state index in [0.717, 1.165) is 5.75 Å². The molecule has 18 heavy (non-hydrogen) atoms. The normalized spacial score (nSPS) is 23.0. The Labute approximate surface area is 106 Å². The number of rotatable bonds is 4. The number of nitrogens with one attached hydrogen (secondary N) is 2. The van der Waals surface area contributed by atoms with Crippen molar-refractivity contribution in [2.75, 3.05) is 6.61 Å². The van der Waals surface area contributed by atoms with Gasteiger partial charge in [0.05, 0.1) is 6.04 Å². The van der Waals surface area contributed by atoms with Crippen molar-refractivity contribution in [3.8, 4) is 5.75 Å². The summed E-state index contributed by atoms with van der Waals surface area (Å²) in [5, 5.41) is 8.84. The Bertz CT molecular complexity index is 448. The molecule has 2 rings (SSSR count). The summed E-state index contributed by atoms with van der Waals surface area (Å²) in [6.07, 6.45) is 0.528. The zero-order valence-corrected chi connectivity index (χ0v) is 10.6. The lowest BCUT2D eigenvalue weighted by molar-refractivity contribution is -0.139. The maximum absolute atomic E-state index is 10.8. The summed E-state index contributed by atoms with van der Waals surface area (Å²) in [6.45, 7) is 4.55. The predicted molar refractivity (Wildman–Crippen MR) is 67.5 cm³/mol. The van der Waals surface area contributed by atoms with Crippen LogP contribution in [0.3, 0.4) is 0 Å². The fourth-order valence-electron chi connectivity index (χ4n) is 1.89. The van der Waals surface area contributed by atoms with E-state index in [-0.39, 0.29) is 6.04 Å². The van der Waals surface area contributed by atoms with Crippen LogP contribution in [0.2, 0.25) is 0 Å². The van der Waals surface area contributed by atoms with E-state index in [1.165, 1.54) is 11.1 Å². The number of ether oxygens (including phenoxy) is 1. The van der Waals surface area contributed by atoms with Crippen molar-refractivity contribution in [1.29, 1.82) is 0 Å². The van der Waals surface area contributed by atoms with Crippen LogP contribution in [0.25, 0.3) is 0 Å². The highest BCUT2D eigenvalue weighted by molar-refractivity contribution is 5.73. The van der Waals surface area contributed by atoms with Crippen LogP contribution in [-0.4, -0.2) is 29.8 Å². The van der Waals surface area contributed by atoms with Crippen molar-refractivity contribution in [3.63, 3.8) is 0 Å². The van der Waals surface area contributed by atoms with Gasteiger partial charge >= 0.3 is 5.97 Å². The summed E-state index contributed by atoms with van der Waals surface area (Å²) in [5.41, 5.74) is 8.08. The van der Waals surface area contributed by atoms with Gasteiger partial charge in [0.15, 0.2) is 0 Å². The first-order chi connectivity index (χ1) is 8.56. The van der Waals surface area contributed by atoms with Crippen molar-refractivity contribution in [1.82, 2.24) is 10.9 Å².